The molecule has 0 fully saturated rings. The van der Waals surface area contributed by atoms with Gasteiger partial charge in [-0.05, 0) is 19.9 Å². The number of hydrogen-bond acceptors (Lipinski definition) is 8. The van der Waals surface area contributed by atoms with Gasteiger partial charge in [-0.1, -0.05) is 23.4 Å². The first-order valence-electron chi connectivity index (χ1n) is 7.78. The molecule has 0 aliphatic heterocycles. The molecule has 1 heterocycles. The molecule has 9 nitrogen and oxygen atoms in total. The molecule has 0 atom stereocenters. The fourth-order valence-corrected chi connectivity index (χ4v) is 3.77. The van der Waals surface area contributed by atoms with Crippen LogP contribution in [-0.4, -0.2) is 57.8 Å². The van der Waals surface area contributed by atoms with Crippen molar-refractivity contribution in [1.29, 1.82) is 0 Å². The highest BCUT2D eigenvalue weighted by atomic mass is 32.2. The average Bonchev–Trinajstić information content (AvgIpc) is 2.94. The van der Waals surface area contributed by atoms with Gasteiger partial charge in [-0.15, -0.1) is 0 Å². The molecule has 0 unspecified atom stereocenters. The van der Waals surface area contributed by atoms with Gasteiger partial charge >= 0.3 is 7.12 Å². The van der Waals surface area contributed by atoms with Crippen LogP contribution in [0.3, 0.4) is 0 Å². The van der Waals surface area contributed by atoms with E-state index >= 15 is 0 Å². The van der Waals surface area contributed by atoms with Gasteiger partial charge in [0, 0.05) is 18.1 Å². The predicted molar refractivity (Wildman–Crippen MR) is 94.6 cm³/mol. The second kappa shape index (κ2) is 8.65. The van der Waals surface area contributed by atoms with Crippen LogP contribution in [0.4, 0.5) is 5.88 Å². The van der Waals surface area contributed by atoms with E-state index in [2.05, 4.69) is 5.16 Å². The second-order valence-electron chi connectivity index (χ2n) is 5.49. The van der Waals surface area contributed by atoms with Gasteiger partial charge in [-0.2, -0.15) is 0 Å². The highest BCUT2D eigenvalue weighted by molar-refractivity contribution is 7.93. The monoisotopic (exact) mass is 384 g/mol. The van der Waals surface area contributed by atoms with Crippen LogP contribution < -0.4 is 9.77 Å². The Labute approximate surface area is 152 Å². The van der Waals surface area contributed by atoms with Crippen LogP contribution in [0, 0.1) is 13.8 Å². The van der Waals surface area contributed by atoms with E-state index in [1.807, 2.05) is 0 Å². The first-order chi connectivity index (χ1) is 12.3. The van der Waals surface area contributed by atoms with Crippen molar-refractivity contribution >= 4 is 28.5 Å². The molecule has 26 heavy (non-hydrogen) atoms. The number of benzene rings is 1. The minimum Gasteiger partial charge on any atom is -0.423 e. The van der Waals surface area contributed by atoms with E-state index in [0.29, 0.717) is 11.3 Å². The number of methoxy groups -OCH3 is 1. The molecule has 0 radical (unpaired) electrons. The number of anilines is 1. The summed E-state index contributed by atoms with van der Waals surface area (Å²) in [7, 11) is -4.66. The maximum absolute atomic E-state index is 13.2. The van der Waals surface area contributed by atoms with Crippen LogP contribution in [0.25, 0.3) is 0 Å². The quantitative estimate of drug-likeness (QED) is 0.346. The Hall–Kier alpha value is -1.92. The highest BCUT2D eigenvalue weighted by Gasteiger charge is 2.34. The summed E-state index contributed by atoms with van der Waals surface area (Å²) in [4.78, 5) is -0.265. The van der Waals surface area contributed by atoms with Crippen molar-refractivity contribution in [3.63, 3.8) is 0 Å². The zero-order valence-electron chi connectivity index (χ0n) is 14.7. The Morgan fingerprint density at radius 3 is 2.50 bits per heavy atom. The molecule has 1 aromatic heterocycles. The maximum Gasteiger partial charge on any atom is 0.489 e. The molecular weight excluding hydrogens is 363 g/mol. The lowest BCUT2D eigenvalue weighted by molar-refractivity contribution is 0.0744. The third-order valence-corrected chi connectivity index (χ3v) is 5.54. The molecule has 2 aromatic rings. The topological polar surface area (TPSA) is 122 Å². The summed E-state index contributed by atoms with van der Waals surface area (Å²) in [5, 5.41) is 22.8. The van der Waals surface area contributed by atoms with Crippen molar-refractivity contribution in [1.82, 2.24) is 5.16 Å². The average molecular weight is 384 g/mol. The molecule has 2 rings (SSSR count). The second-order valence-corrected chi connectivity index (χ2v) is 7.32. The molecule has 0 aliphatic carbocycles. The van der Waals surface area contributed by atoms with E-state index in [1.54, 1.807) is 13.8 Å². The Balaban J connectivity index is 2.48. The normalized spacial score (nSPS) is 11.6. The van der Waals surface area contributed by atoms with Crippen LogP contribution >= 0.6 is 0 Å². The van der Waals surface area contributed by atoms with Crippen LogP contribution in [0.5, 0.6) is 0 Å². The van der Waals surface area contributed by atoms with Crippen LogP contribution in [-0.2, 0) is 19.5 Å². The Morgan fingerprint density at radius 1 is 1.23 bits per heavy atom. The fourth-order valence-electron chi connectivity index (χ4n) is 2.21. The molecule has 0 spiro atoms. The molecule has 0 bridgehead atoms. The minimum absolute atomic E-state index is 0.00199. The van der Waals surface area contributed by atoms with Gasteiger partial charge in [-0.25, -0.2) is 12.7 Å². The van der Waals surface area contributed by atoms with Crippen molar-refractivity contribution in [2.24, 2.45) is 0 Å². The van der Waals surface area contributed by atoms with Gasteiger partial charge in [0.1, 0.15) is 6.73 Å². The molecular formula is C15H21BN2O7S. The summed E-state index contributed by atoms with van der Waals surface area (Å²) in [5.74, 6) is 0.00199. The van der Waals surface area contributed by atoms with Crippen LogP contribution in [0.2, 0.25) is 0 Å². The molecule has 2 N–H and O–H groups in total. The highest BCUT2D eigenvalue weighted by Crippen LogP contribution is 2.28. The number of sulfonamides is 1. The van der Waals surface area contributed by atoms with Gasteiger partial charge in [0.2, 0.25) is 5.88 Å². The van der Waals surface area contributed by atoms with Gasteiger partial charge in [0.25, 0.3) is 10.0 Å². The van der Waals surface area contributed by atoms with Crippen LogP contribution in [0.15, 0.2) is 33.7 Å². The fraction of sp³-hybridized carbons (Fsp3) is 0.400. The summed E-state index contributed by atoms with van der Waals surface area (Å²) in [6, 6.07) is 5.60. The summed E-state index contributed by atoms with van der Waals surface area (Å²) >= 11 is 0. The zero-order chi connectivity index (χ0) is 19.3. The molecule has 142 valence electrons. The van der Waals surface area contributed by atoms with E-state index in [4.69, 9.17) is 14.0 Å². The predicted octanol–water partition coefficient (Wildman–Crippen LogP) is -0.213. The van der Waals surface area contributed by atoms with Crippen molar-refractivity contribution < 1.29 is 32.5 Å². The number of aryl methyl sites for hydroxylation is 1. The first-order valence-corrected chi connectivity index (χ1v) is 9.22. The van der Waals surface area contributed by atoms with E-state index < -0.39 is 17.1 Å². The SMILES string of the molecule is COCCOCN(c1onc(C)c1C)S(=O)(=O)c1ccccc1B(O)O. The van der Waals surface area contributed by atoms with Crippen LogP contribution in [0.1, 0.15) is 11.3 Å². The zero-order valence-corrected chi connectivity index (χ0v) is 15.6. The molecule has 0 amide bonds. The van der Waals surface area contributed by atoms with Crippen molar-refractivity contribution in [3.05, 3.63) is 35.5 Å². The lowest BCUT2D eigenvalue weighted by Gasteiger charge is -2.23. The van der Waals surface area contributed by atoms with E-state index in [-0.39, 0.29) is 36.2 Å². The third kappa shape index (κ3) is 4.25. The summed E-state index contributed by atoms with van der Waals surface area (Å²) < 4.78 is 42.7. The number of nitrogens with zero attached hydrogens (tertiary/aromatic N) is 2. The van der Waals surface area contributed by atoms with Gasteiger partial charge < -0.3 is 24.0 Å². The maximum atomic E-state index is 13.2. The Bertz CT molecular complexity index is 838. The summed E-state index contributed by atoms with van der Waals surface area (Å²) in [6.07, 6.45) is 0. The summed E-state index contributed by atoms with van der Waals surface area (Å²) in [5.41, 5.74) is 0.918. The largest absolute Gasteiger partial charge is 0.489 e. The number of ether oxygens (including phenoxy) is 2. The lowest BCUT2D eigenvalue weighted by Crippen LogP contribution is -2.41. The van der Waals surface area contributed by atoms with Gasteiger partial charge in [0.05, 0.1) is 23.8 Å². The van der Waals surface area contributed by atoms with Gasteiger partial charge in [-0.3, -0.25) is 0 Å². The van der Waals surface area contributed by atoms with Crippen molar-refractivity contribution in [2.75, 3.05) is 31.4 Å². The number of hydrogen-bond donors (Lipinski definition) is 2. The molecule has 0 saturated heterocycles. The van der Waals surface area contributed by atoms with Crippen molar-refractivity contribution in [3.8, 4) is 0 Å². The Kier molecular flexibility index (Phi) is 6.78. The number of rotatable bonds is 9. The van der Waals surface area contributed by atoms with Crippen molar-refractivity contribution in [2.45, 2.75) is 18.7 Å². The lowest BCUT2D eigenvalue weighted by atomic mass is 9.80. The smallest absolute Gasteiger partial charge is 0.423 e. The third-order valence-electron chi connectivity index (χ3n) is 3.76. The molecule has 0 aliphatic rings. The van der Waals surface area contributed by atoms with E-state index in [9.17, 15) is 18.5 Å². The minimum atomic E-state index is -4.21. The first kappa shape index (κ1) is 20.4. The van der Waals surface area contributed by atoms with Gasteiger partial charge in [0.15, 0.2) is 0 Å². The molecule has 1 aromatic carbocycles. The standard InChI is InChI=1S/C15H21BN2O7S/c1-11-12(2)17-25-15(11)18(10-24-9-8-23-3)26(21,22)14-7-5-4-6-13(14)16(19)20/h4-7,19-20H,8-10H2,1-3H3. The summed E-state index contributed by atoms with van der Waals surface area (Å²) in [6.45, 7) is 3.46. The molecule has 11 heteroatoms. The molecule has 0 saturated carbocycles. The number of aromatic nitrogens is 1. The Morgan fingerprint density at radius 2 is 1.92 bits per heavy atom. The van der Waals surface area contributed by atoms with E-state index in [0.717, 1.165) is 4.31 Å². The van der Waals surface area contributed by atoms with E-state index in [1.165, 1.54) is 31.4 Å².